The number of nitrogens with one attached hydrogen (secondary N) is 1. The first-order valence-corrected chi connectivity index (χ1v) is 6.79. The Balaban J connectivity index is 2.82. The number of benzene rings is 1. The van der Waals surface area contributed by atoms with E-state index in [0.29, 0.717) is 10.0 Å². The summed E-state index contributed by atoms with van der Waals surface area (Å²) >= 11 is 3.24. The maximum absolute atomic E-state index is 11.9. The third-order valence-corrected chi connectivity index (χ3v) is 3.05. The van der Waals surface area contributed by atoms with Crippen LogP contribution in [0.3, 0.4) is 0 Å². The number of hydrazone groups is 1. The Morgan fingerprint density at radius 3 is 2.62 bits per heavy atom. The molecule has 0 aliphatic carbocycles. The summed E-state index contributed by atoms with van der Waals surface area (Å²) in [4.78, 5) is 23.4. The van der Waals surface area contributed by atoms with Gasteiger partial charge in [-0.1, -0.05) is 17.3 Å². The van der Waals surface area contributed by atoms with Crippen LogP contribution < -0.4 is 5.43 Å². The number of oxime groups is 1. The van der Waals surface area contributed by atoms with Gasteiger partial charge in [0.25, 0.3) is 5.91 Å². The molecule has 0 atom stereocenters. The largest absolute Gasteiger partial charge is 0.461 e. The standard InChI is InChI=1S/C13H14BrN3O4/c1-3-21-13(19)11(17-20)8(2)15-16-12(18)9-6-4-5-7-10(9)14/h4-7,20H,3H2,1-2H3,(H,16,18)/b15-8+,17-11+. The molecule has 0 aliphatic rings. The molecule has 1 aromatic carbocycles. The summed E-state index contributed by atoms with van der Waals surface area (Å²) in [7, 11) is 0. The van der Waals surface area contributed by atoms with Gasteiger partial charge in [0.1, 0.15) is 0 Å². The van der Waals surface area contributed by atoms with Crippen LogP contribution >= 0.6 is 15.9 Å². The average Bonchev–Trinajstić information content (AvgIpc) is 2.46. The summed E-state index contributed by atoms with van der Waals surface area (Å²) in [5.41, 5.74) is 2.31. The fourth-order valence-electron chi connectivity index (χ4n) is 1.35. The van der Waals surface area contributed by atoms with Gasteiger partial charge in [0.15, 0.2) is 0 Å². The molecule has 0 aliphatic heterocycles. The molecule has 0 saturated heterocycles. The monoisotopic (exact) mass is 355 g/mol. The van der Waals surface area contributed by atoms with Crippen molar-refractivity contribution in [1.29, 1.82) is 0 Å². The Kier molecular flexibility index (Phi) is 6.54. The summed E-state index contributed by atoms with van der Waals surface area (Å²) in [5, 5.41) is 15.4. The smallest absolute Gasteiger partial charge is 0.362 e. The molecule has 2 N–H and O–H groups in total. The molecular weight excluding hydrogens is 342 g/mol. The number of halogens is 1. The van der Waals surface area contributed by atoms with Gasteiger partial charge in [0.2, 0.25) is 5.71 Å². The highest BCUT2D eigenvalue weighted by molar-refractivity contribution is 9.10. The van der Waals surface area contributed by atoms with E-state index in [9.17, 15) is 9.59 Å². The SMILES string of the molecule is CCOC(=O)C(=N/O)/C(C)=N/NC(=O)c1ccccc1Br. The van der Waals surface area contributed by atoms with Crippen LogP contribution in [-0.4, -0.2) is 35.1 Å². The van der Waals surface area contributed by atoms with Gasteiger partial charge in [-0.25, -0.2) is 10.2 Å². The lowest BCUT2D eigenvalue weighted by Gasteiger charge is -2.05. The number of ether oxygens (including phenoxy) is 1. The molecule has 8 heteroatoms. The molecule has 1 aromatic rings. The summed E-state index contributed by atoms with van der Waals surface area (Å²) in [5.74, 6) is -1.29. The van der Waals surface area contributed by atoms with Crippen molar-refractivity contribution >= 4 is 39.2 Å². The van der Waals surface area contributed by atoms with Crippen molar-refractivity contribution < 1.29 is 19.5 Å². The molecule has 7 nitrogen and oxygen atoms in total. The Morgan fingerprint density at radius 1 is 1.38 bits per heavy atom. The number of nitrogens with zero attached hydrogens (tertiary/aromatic N) is 2. The lowest BCUT2D eigenvalue weighted by Crippen LogP contribution is -2.28. The first kappa shape index (κ1) is 16.8. The summed E-state index contributed by atoms with van der Waals surface area (Å²) in [6, 6.07) is 6.80. The highest BCUT2D eigenvalue weighted by atomic mass is 79.9. The zero-order valence-electron chi connectivity index (χ0n) is 11.5. The van der Waals surface area contributed by atoms with E-state index >= 15 is 0 Å². The van der Waals surface area contributed by atoms with Crippen molar-refractivity contribution in [3.8, 4) is 0 Å². The maximum atomic E-state index is 11.9. The molecule has 112 valence electrons. The van der Waals surface area contributed by atoms with Gasteiger partial charge >= 0.3 is 5.97 Å². The van der Waals surface area contributed by atoms with Crippen molar-refractivity contribution in [2.45, 2.75) is 13.8 Å². The Morgan fingerprint density at radius 2 is 2.05 bits per heavy atom. The molecule has 21 heavy (non-hydrogen) atoms. The molecule has 0 saturated carbocycles. The van der Waals surface area contributed by atoms with Gasteiger partial charge in [-0.15, -0.1) is 0 Å². The minimum Gasteiger partial charge on any atom is -0.461 e. The van der Waals surface area contributed by atoms with Crippen molar-refractivity contribution in [2.24, 2.45) is 10.3 Å². The molecule has 0 spiro atoms. The van der Waals surface area contributed by atoms with Crippen LogP contribution in [0, 0.1) is 0 Å². The van der Waals surface area contributed by atoms with E-state index in [2.05, 4.69) is 31.6 Å². The van der Waals surface area contributed by atoms with E-state index < -0.39 is 11.9 Å². The van der Waals surface area contributed by atoms with Gasteiger partial charge < -0.3 is 9.94 Å². The quantitative estimate of drug-likeness (QED) is 0.364. The zero-order chi connectivity index (χ0) is 15.8. The van der Waals surface area contributed by atoms with Gasteiger partial charge in [-0.05, 0) is 41.9 Å². The van der Waals surface area contributed by atoms with Crippen LogP contribution in [0.5, 0.6) is 0 Å². The van der Waals surface area contributed by atoms with E-state index in [0.717, 1.165) is 0 Å². The highest BCUT2D eigenvalue weighted by Gasteiger charge is 2.17. The fraction of sp³-hybridized carbons (Fsp3) is 0.231. The van der Waals surface area contributed by atoms with Crippen molar-refractivity contribution in [3.05, 3.63) is 34.3 Å². The second kappa shape index (κ2) is 8.15. The summed E-state index contributed by atoms with van der Waals surface area (Å²) < 4.78 is 5.30. The predicted molar refractivity (Wildman–Crippen MR) is 80.6 cm³/mol. The number of carbonyl (C=O) groups is 2. The molecule has 0 aromatic heterocycles. The van der Waals surface area contributed by atoms with Gasteiger partial charge in [-0.2, -0.15) is 5.10 Å². The van der Waals surface area contributed by atoms with Gasteiger partial charge in [-0.3, -0.25) is 4.79 Å². The van der Waals surface area contributed by atoms with Crippen LogP contribution in [0.4, 0.5) is 0 Å². The number of carbonyl (C=O) groups excluding carboxylic acids is 2. The second-order valence-electron chi connectivity index (χ2n) is 3.79. The van der Waals surface area contributed by atoms with Gasteiger partial charge in [0.05, 0.1) is 17.9 Å². The number of rotatable bonds is 5. The molecule has 0 radical (unpaired) electrons. The van der Waals surface area contributed by atoms with E-state index in [4.69, 9.17) is 9.94 Å². The topological polar surface area (TPSA) is 100 Å². The number of hydrogen-bond donors (Lipinski definition) is 2. The van der Waals surface area contributed by atoms with Crippen LogP contribution in [0.25, 0.3) is 0 Å². The third kappa shape index (κ3) is 4.67. The highest BCUT2D eigenvalue weighted by Crippen LogP contribution is 2.15. The number of hydrogen-bond acceptors (Lipinski definition) is 6. The number of amides is 1. The van der Waals surface area contributed by atoms with Crippen molar-refractivity contribution in [1.82, 2.24) is 5.43 Å². The molecular formula is C13H14BrN3O4. The lowest BCUT2D eigenvalue weighted by molar-refractivity contribution is -0.134. The van der Waals surface area contributed by atoms with Crippen molar-refractivity contribution in [2.75, 3.05) is 6.61 Å². The first-order valence-electron chi connectivity index (χ1n) is 6.00. The minimum absolute atomic E-state index is 0.0244. The summed E-state index contributed by atoms with van der Waals surface area (Å²) in [6.07, 6.45) is 0. The Bertz CT molecular complexity index is 599. The van der Waals surface area contributed by atoms with Crippen LogP contribution in [0.15, 0.2) is 39.0 Å². The van der Waals surface area contributed by atoms with E-state index in [1.165, 1.54) is 6.92 Å². The second-order valence-corrected chi connectivity index (χ2v) is 4.64. The molecule has 0 fully saturated rings. The maximum Gasteiger partial charge on any atom is 0.362 e. The van der Waals surface area contributed by atoms with Crippen LogP contribution in [-0.2, 0) is 9.53 Å². The predicted octanol–water partition coefficient (Wildman–Crippen LogP) is 1.95. The first-order chi connectivity index (χ1) is 10.0. The summed E-state index contributed by atoms with van der Waals surface area (Å²) in [6.45, 7) is 3.16. The van der Waals surface area contributed by atoms with Crippen molar-refractivity contribution in [3.63, 3.8) is 0 Å². The van der Waals surface area contributed by atoms with Gasteiger partial charge in [0, 0.05) is 4.47 Å². The normalized spacial score (nSPS) is 12.0. The van der Waals surface area contributed by atoms with E-state index in [1.54, 1.807) is 31.2 Å². The molecule has 0 bridgehead atoms. The molecule has 1 rings (SSSR count). The number of esters is 1. The average molecular weight is 356 g/mol. The molecule has 0 unspecified atom stereocenters. The third-order valence-electron chi connectivity index (χ3n) is 2.36. The minimum atomic E-state index is -0.823. The zero-order valence-corrected chi connectivity index (χ0v) is 13.0. The Labute approximate surface area is 129 Å². The van der Waals surface area contributed by atoms with Crippen LogP contribution in [0.1, 0.15) is 24.2 Å². The fourth-order valence-corrected chi connectivity index (χ4v) is 1.82. The van der Waals surface area contributed by atoms with E-state index in [-0.39, 0.29) is 18.0 Å². The van der Waals surface area contributed by atoms with E-state index in [1.807, 2.05) is 0 Å². The molecule has 1 amide bonds. The molecule has 0 heterocycles. The van der Waals surface area contributed by atoms with Crippen LogP contribution in [0.2, 0.25) is 0 Å². The lowest BCUT2D eigenvalue weighted by atomic mass is 10.2. The Hall–Kier alpha value is -2.22.